The van der Waals surface area contributed by atoms with E-state index in [1.807, 2.05) is 37.4 Å². The van der Waals surface area contributed by atoms with Crippen molar-refractivity contribution >= 4 is 40.6 Å². The molecule has 0 spiro atoms. The van der Waals surface area contributed by atoms with Crippen molar-refractivity contribution in [2.24, 2.45) is 4.99 Å². The first kappa shape index (κ1) is 18.1. The van der Waals surface area contributed by atoms with Gasteiger partial charge in [0.05, 0.1) is 29.7 Å². The fourth-order valence-corrected chi connectivity index (χ4v) is 4.60. The Hall–Kier alpha value is -1.73. The summed E-state index contributed by atoms with van der Waals surface area (Å²) >= 11 is 3.12. The van der Waals surface area contributed by atoms with E-state index in [4.69, 9.17) is 4.74 Å². The summed E-state index contributed by atoms with van der Waals surface area (Å²) in [5, 5.41) is 0.512. The molecule has 1 aromatic rings. The number of amides is 1. The highest BCUT2D eigenvalue weighted by Crippen LogP contribution is 2.44. The molecule has 2 aliphatic rings. The van der Waals surface area contributed by atoms with E-state index < -0.39 is 12.0 Å². The van der Waals surface area contributed by atoms with Crippen LogP contribution in [0, 0.1) is 0 Å². The molecule has 1 amide bonds. The van der Waals surface area contributed by atoms with Crippen molar-refractivity contribution in [3.63, 3.8) is 0 Å². The van der Waals surface area contributed by atoms with Gasteiger partial charge in [0.25, 0.3) is 0 Å². The average molecular weight is 377 g/mol. The minimum absolute atomic E-state index is 0.000837. The number of hydrogen-bond acceptors (Lipinski definition) is 6. The van der Waals surface area contributed by atoms with Gasteiger partial charge >= 0.3 is 5.97 Å². The van der Waals surface area contributed by atoms with Crippen molar-refractivity contribution in [1.29, 1.82) is 0 Å². The van der Waals surface area contributed by atoms with Crippen LogP contribution in [0.2, 0.25) is 0 Å². The maximum atomic E-state index is 12.9. The molecule has 2 heterocycles. The monoisotopic (exact) mass is 376 g/mol. The number of ether oxygens (including phenoxy) is 1. The highest BCUT2D eigenvalue weighted by molar-refractivity contribution is 8.15. The summed E-state index contributed by atoms with van der Waals surface area (Å²) < 4.78 is 4.98. The number of benzene rings is 1. The van der Waals surface area contributed by atoms with E-state index in [-0.39, 0.29) is 11.2 Å². The minimum Gasteiger partial charge on any atom is -0.466 e. The quantitative estimate of drug-likeness (QED) is 0.593. The predicted octanol–water partition coefficient (Wildman–Crippen LogP) is 3.62. The van der Waals surface area contributed by atoms with Gasteiger partial charge < -0.3 is 4.74 Å². The van der Waals surface area contributed by atoms with Crippen molar-refractivity contribution in [3.8, 4) is 0 Å². The van der Waals surface area contributed by atoms with Gasteiger partial charge in [-0.3, -0.25) is 9.69 Å². The molecular formula is C18H20N2O3S2. The number of aliphatic imine (C=N–C) groups is 1. The van der Waals surface area contributed by atoms with Crippen LogP contribution in [0.5, 0.6) is 0 Å². The Balaban J connectivity index is 2.12. The molecule has 0 radical (unpaired) electrons. The van der Waals surface area contributed by atoms with Gasteiger partial charge in [0.1, 0.15) is 0 Å². The molecule has 2 aliphatic heterocycles. The van der Waals surface area contributed by atoms with E-state index in [2.05, 4.69) is 4.99 Å². The van der Waals surface area contributed by atoms with Crippen LogP contribution in [0.3, 0.4) is 0 Å². The number of esters is 1. The minimum atomic E-state index is -0.493. The standard InChI is InChI=1S/C18H20N2O3S2/c1-5-13-16(21)20-15(11-6-8-12(24-4)9-7-11)14(17(22)23-3)10(2)19-18(20)25-13/h6-9,13,15H,5H2,1-4H3. The maximum absolute atomic E-state index is 12.9. The van der Waals surface area contributed by atoms with Crippen molar-refractivity contribution in [1.82, 2.24) is 4.90 Å². The van der Waals surface area contributed by atoms with Gasteiger partial charge in [0, 0.05) is 4.90 Å². The Morgan fingerprint density at radius 2 is 2.04 bits per heavy atom. The maximum Gasteiger partial charge on any atom is 0.338 e. The average Bonchev–Trinajstić information content (AvgIpc) is 2.95. The molecule has 1 aromatic carbocycles. The number of amidine groups is 1. The third-order valence-electron chi connectivity index (χ3n) is 4.36. The number of nitrogens with zero attached hydrogens (tertiary/aromatic N) is 2. The van der Waals surface area contributed by atoms with Crippen molar-refractivity contribution < 1.29 is 14.3 Å². The lowest BCUT2D eigenvalue weighted by Crippen LogP contribution is -2.40. The molecule has 0 saturated carbocycles. The molecule has 25 heavy (non-hydrogen) atoms. The van der Waals surface area contributed by atoms with Gasteiger partial charge in [0.15, 0.2) is 5.17 Å². The van der Waals surface area contributed by atoms with Crippen molar-refractivity contribution in [2.75, 3.05) is 13.4 Å². The van der Waals surface area contributed by atoms with Crippen LogP contribution in [0.1, 0.15) is 31.9 Å². The zero-order chi connectivity index (χ0) is 18.1. The molecule has 0 bridgehead atoms. The Morgan fingerprint density at radius 1 is 1.36 bits per heavy atom. The Bertz CT molecular complexity index is 771. The highest BCUT2D eigenvalue weighted by atomic mass is 32.2. The van der Waals surface area contributed by atoms with Crippen LogP contribution in [-0.4, -0.2) is 40.6 Å². The summed E-state index contributed by atoms with van der Waals surface area (Å²) in [6.45, 7) is 3.78. The van der Waals surface area contributed by atoms with Crippen LogP contribution in [0.25, 0.3) is 0 Å². The van der Waals surface area contributed by atoms with Crippen LogP contribution >= 0.6 is 23.5 Å². The van der Waals surface area contributed by atoms with Crippen LogP contribution in [0.4, 0.5) is 0 Å². The predicted molar refractivity (Wildman–Crippen MR) is 102 cm³/mol. The van der Waals surface area contributed by atoms with E-state index >= 15 is 0 Å². The van der Waals surface area contributed by atoms with Gasteiger partial charge in [-0.2, -0.15) is 0 Å². The lowest BCUT2D eigenvalue weighted by molar-refractivity contribution is -0.137. The Morgan fingerprint density at radius 3 is 2.60 bits per heavy atom. The molecule has 0 aromatic heterocycles. The molecule has 0 N–H and O–H groups in total. The summed E-state index contributed by atoms with van der Waals surface area (Å²) in [4.78, 5) is 32.6. The number of thioether (sulfide) groups is 2. The Labute approximate surface area is 155 Å². The van der Waals surface area contributed by atoms with E-state index in [0.29, 0.717) is 16.4 Å². The molecule has 132 valence electrons. The van der Waals surface area contributed by atoms with Gasteiger partial charge in [-0.05, 0) is 37.3 Å². The second-order valence-corrected chi connectivity index (χ2v) is 7.83. The van der Waals surface area contributed by atoms with Crippen molar-refractivity contribution in [2.45, 2.75) is 36.5 Å². The van der Waals surface area contributed by atoms with Gasteiger partial charge in [0.2, 0.25) is 5.91 Å². The summed E-state index contributed by atoms with van der Waals surface area (Å²) in [5.74, 6) is -0.448. The number of allylic oxidation sites excluding steroid dienone is 1. The number of carbonyl (C=O) groups excluding carboxylic acids is 2. The van der Waals surface area contributed by atoms with Gasteiger partial charge in [-0.15, -0.1) is 11.8 Å². The van der Waals surface area contributed by atoms with Gasteiger partial charge in [-0.1, -0.05) is 30.8 Å². The molecule has 1 saturated heterocycles. The SMILES string of the molecule is CCC1SC2=NC(C)=C(C(=O)OC)C(c3ccc(SC)cc3)N2C1=O. The van der Waals surface area contributed by atoms with Crippen molar-refractivity contribution in [3.05, 3.63) is 41.1 Å². The normalized spacial score (nSPS) is 22.8. The summed E-state index contributed by atoms with van der Waals surface area (Å²) in [6.07, 6.45) is 2.74. The molecular weight excluding hydrogens is 356 g/mol. The molecule has 1 fully saturated rings. The largest absolute Gasteiger partial charge is 0.466 e. The first-order valence-corrected chi connectivity index (χ1v) is 10.1. The lowest BCUT2D eigenvalue weighted by atomic mass is 9.94. The number of fused-ring (bicyclic) bond motifs is 1. The fraction of sp³-hybridized carbons (Fsp3) is 0.389. The number of methoxy groups -OCH3 is 1. The highest BCUT2D eigenvalue weighted by Gasteiger charge is 2.47. The first-order valence-electron chi connectivity index (χ1n) is 8.03. The smallest absolute Gasteiger partial charge is 0.338 e. The molecule has 5 nitrogen and oxygen atoms in total. The summed E-state index contributed by atoms with van der Waals surface area (Å²) in [6, 6.07) is 7.44. The first-order chi connectivity index (χ1) is 12.0. The Kier molecular flexibility index (Phi) is 5.24. The molecule has 0 aliphatic carbocycles. The van der Waals surface area contributed by atoms with E-state index in [0.717, 1.165) is 16.9 Å². The third kappa shape index (κ3) is 3.11. The number of hydrogen-bond donors (Lipinski definition) is 0. The van der Waals surface area contributed by atoms with Crippen LogP contribution < -0.4 is 0 Å². The van der Waals surface area contributed by atoms with E-state index in [1.54, 1.807) is 23.6 Å². The topological polar surface area (TPSA) is 59.0 Å². The second kappa shape index (κ2) is 7.25. The van der Waals surface area contributed by atoms with E-state index in [1.165, 1.54) is 18.9 Å². The second-order valence-electron chi connectivity index (χ2n) is 5.78. The molecule has 2 atom stereocenters. The van der Waals surface area contributed by atoms with E-state index in [9.17, 15) is 9.59 Å². The van der Waals surface area contributed by atoms with Crippen LogP contribution in [0.15, 0.2) is 45.4 Å². The molecule has 7 heteroatoms. The summed E-state index contributed by atoms with van der Waals surface area (Å²) in [5.41, 5.74) is 1.92. The lowest BCUT2D eigenvalue weighted by Gasteiger charge is -2.32. The summed E-state index contributed by atoms with van der Waals surface area (Å²) in [7, 11) is 1.35. The fourth-order valence-electron chi connectivity index (χ4n) is 3.06. The third-order valence-corrected chi connectivity index (χ3v) is 6.42. The molecule has 2 unspecified atom stereocenters. The number of carbonyl (C=O) groups is 2. The van der Waals surface area contributed by atoms with Gasteiger partial charge in [-0.25, -0.2) is 9.79 Å². The van der Waals surface area contributed by atoms with Crippen LogP contribution in [-0.2, 0) is 14.3 Å². The zero-order valence-electron chi connectivity index (χ0n) is 14.6. The molecule has 3 rings (SSSR count). The number of rotatable bonds is 4. The zero-order valence-corrected chi connectivity index (χ0v) is 16.2.